The molecule has 28 heavy (non-hydrogen) atoms. The SMILES string of the molecule is O=CCn1nc(-c2ccccc2)c2c1CCN(C(=O)COc1ccccc1)C2. The van der Waals surface area contributed by atoms with Crippen molar-refractivity contribution in [1.29, 1.82) is 0 Å². The molecule has 1 aromatic heterocycles. The largest absolute Gasteiger partial charge is 0.484 e. The van der Waals surface area contributed by atoms with Crippen molar-refractivity contribution in [2.24, 2.45) is 0 Å². The molecule has 0 unspecified atom stereocenters. The van der Waals surface area contributed by atoms with Gasteiger partial charge in [0.05, 0.1) is 12.2 Å². The number of benzene rings is 2. The maximum Gasteiger partial charge on any atom is 0.260 e. The molecule has 1 aliphatic heterocycles. The molecule has 0 radical (unpaired) electrons. The highest BCUT2D eigenvalue weighted by Gasteiger charge is 2.28. The molecule has 2 aromatic carbocycles. The molecule has 0 fully saturated rings. The highest BCUT2D eigenvalue weighted by atomic mass is 16.5. The van der Waals surface area contributed by atoms with Crippen molar-refractivity contribution in [3.63, 3.8) is 0 Å². The van der Waals surface area contributed by atoms with E-state index in [-0.39, 0.29) is 19.1 Å². The number of carbonyl (C=O) groups is 2. The highest BCUT2D eigenvalue weighted by molar-refractivity contribution is 5.78. The number of rotatable bonds is 6. The van der Waals surface area contributed by atoms with E-state index in [2.05, 4.69) is 5.10 Å². The Hall–Kier alpha value is -3.41. The van der Waals surface area contributed by atoms with Gasteiger partial charge >= 0.3 is 0 Å². The molecule has 0 atom stereocenters. The average molecular weight is 375 g/mol. The number of hydrogen-bond donors (Lipinski definition) is 0. The van der Waals surface area contributed by atoms with Crippen LogP contribution in [0.5, 0.6) is 5.75 Å². The van der Waals surface area contributed by atoms with Crippen LogP contribution in [0.25, 0.3) is 11.3 Å². The number of hydrogen-bond acceptors (Lipinski definition) is 4. The van der Waals surface area contributed by atoms with Crippen LogP contribution in [0.1, 0.15) is 11.3 Å². The van der Waals surface area contributed by atoms with Gasteiger partial charge in [-0.25, -0.2) is 0 Å². The van der Waals surface area contributed by atoms with E-state index in [0.717, 1.165) is 28.8 Å². The predicted octanol–water partition coefficient (Wildman–Crippen LogP) is 2.71. The number of carbonyl (C=O) groups excluding carboxylic acids is 2. The van der Waals surface area contributed by atoms with Gasteiger partial charge in [0.15, 0.2) is 6.61 Å². The lowest BCUT2D eigenvalue weighted by atomic mass is 10.0. The molecule has 0 aliphatic carbocycles. The first-order valence-corrected chi connectivity index (χ1v) is 9.29. The van der Waals surface area contributed by atoms with Gasteiger partial charge in [-0.1, -0.05) is 48.5 Å². The van der Waals surface area contributed by atoms with Crippen molar-refractivity contribution in [2.75, 3.05) is 13.2 Å². The fraction of sp³-hybridized carbons (Fsp3) is 0.227. The average Bonchev–Trinajstić information content (AvgIpc) is 3.11. The van der Waals surface area contributed by atoms with Crippen molar-refractivity contribution in [3.05, 3.63) is 71.9 Å². The quantitative estimate of drug-likeness (QED) is 0.622. The van der Waals surface area contributed by atoms with E-state index >= 15 is 0 Å². The Morgan fingerprint density at radius 1 is 1.07 bits per heavy atom. The second kappa shape index (κ2) is 8.08. The number of aldehydes is 1. The Bertz CT molecular complexity index is 967. The fourth-order valence-corrected chi connectivity index (χ4v) is 3.51. The van der Waals surface area contributed by atoms with Crippen molar-refractivity contribution in [1.82, 2.24) is 14.7 Å². The lowest BCUT2D eigenvalue weighted by molar-refractivity contribution is -0.134. The number of fused-ring (bicyclic) bond motifs is 1. The molecule has 0 saturated carbocycles. The van der Waals surface area contributed by atoms with E-state index in [9.17, 15) is 9.59 Å². The van der Waals surface area contributed by atoms with E-state index < -0.39 is 0 Å². The Morgan fingerprint density at radius 3 is 2.50 bits per heavy atom. The molecule has 0 bridgehead atoms. The summed E-state index contributed by atoms with van der Waals surface area (Å²) in [6, 6.07) is 19.2. The van der Waals surface area contributed by atoms with Crippen molar-refractivity contribution < 1.29 is 14.3 Å². The number of para-hydroxylation sites is 1. The second-order valence-electron chi connectivity index (χ2n) is 6.66. The molecule has 1 amide bonds. The molecule has 0 saturated heterocycles. The van der Waals surface area contributed by atoms with E-state index in [4.69, 9.17) is 4.74 Å². The summed E-state index contributed by atoms with van der Waals surface area (Å²) in [6.45, 7) is 1.28. The predicted molar refractivity (Wildman–Crippen MR) is 105 cm³/mol. The molecule has 3 aromatic rings. The third kappa shape index (κ3) is 3.67. The van der Waals surface area contributed by atoms with Gasteiger partial charge in [-0.15, -0.1) is 0 Å². The third-order valence-corrected chi connectivity index (χ3v) is 4.89. The van der Waals surface area contributed by atoms with Gasteiger partial charge < -0.3 is 14.4 Å². The van der Waals surface area contributed by atoms with Gasteiger partial charge in [-0.2, -0.15) is 5.10 Å². The van der Waals surface area contributed by atoms with E-state index in [1.807, 2.05) is 60.7 Å². The standard InChI is InChI=1S/C22H21N3O3/c26-14-13-25-20-11-12-24(21(27)16-28-18-9-5-2-6-10-18)15-19(20)22(23-25)17-7-3-1-4-8-17/h1-10,14H,11-13,15-16H2. The first-order chi connectivity index (χ1) is 13.8. The van der Waals surface area contributed by atoms with Gasteiger partial charge in [0.2, 0.25) is 0 Å². The van der Waals surface area contributed by atoms with Crippen LogP contribution in [0, 0.1) is 0 Å². The van der Waals surface area contributed by atoms with Crippen LogP contribution in [-0.4, -0.2) is 40.0 Å². The van der Waals surface area contributed by atoms with Crippen LogP contribution >= 0.6 is 0 Å². The molecule has 142 valence electrons. The zero-order valence-corrected chi connectivity index (χ0v) is 15.5. The first-order valence-electron chi connectivity index (χ1n) is 9.29. The van der Waals surface area contributed by atoms with Crippen LogP contribution < -0.4 is 4.74 Å². The van der Waals surface area contributed by atoms with Gasteiger partial charge in [0, 0.05) is 36.3 Å². The van der Waals surface area contributed by atoms with Crippen LogP contribution in [0.4, 0.5) is 0 Å². The first kappa shape index (κ1) is 18.0. The molecule has 6 nitrogen and oxygen atoms in total. The summed E-state index contributed by atoms with van der Waals surface area (Å²) in [6.07, 6.45) is 1.52. The van der Waals surface area contributed by atoms with Gasteiger partial charge in [-0.3, -0.25) is 9.48 Å². The Morgan fingerprint density at radius 2 is 1.79 bits per heavy atom. The molecular formula is C22H21N3O3. The van der Waals surface area contributed by atoms with E-state index in [1.54, 1.807) is 9.58 Å². The van der Waals surface area contributed by atoms with Crippen LogP contribution in [0.3, 0.4) is 0 Å². The Labute approximate surface area is 163 Å². The normalized spacial score (nSPS) is 13.1. The monoisotopic (exact) mass is 375 g/mol. The summed E-state index contributed by atoms with van der Waals surface area (Å²) < 4.78 is 7.37. The second-order valence-corrected chi connectivity index (χ2v) is 6.66. The van der Waals surface area contributed by atoms with Crippen LogP contribution in [0.15, 0.2) is 60.7 Å². The van der Waals surface area contributed by atoms with Gasteiger partial charge in [0.1, 0.15) is 12.0 Å². The number of nitrogens with zero attached hydrogens (tertiary/aromatic N) is 3. The summed E-state index contributed by atoms with van der Waals surface area (Å²) in [7, 11) is 0. The minimum Gasteiger partial charge on any atom is -0.484 e. The van der Waals surface area contributed by atoms with Gasteiger partial charge in [-0.05, 0) is 12.1 Å². The zero-order chi connectivity index (χ0) is 19.3. The molecular weight excluding hydrogens is 354 g/mol. The molecule has 2 heterocycles. The maximum absolute atomic E-state index is 12.7. The number of amides is 1. The summed E-state index contributed by atoms with van der Waals surface area (Å²) >= 11 is 0. The molecule has 0 N–H and O–H groups in total. The summed E-state index contributed by atoms with van der Waals surface area (Å²) in [5.74, 6) is 0.619. The van der Waals surface area contributed by atoms with Crippen molar-refractivity contribution in [2.45, 2.75) is 19.5 Å². The zero-order valence-electron chi connectivity index (χ0n) is 15.5. The topological polar surface area (TPSA) is 64.4 Å². The molecule has 0 spiro atoms. The van der Waals surface area contributed by atoms with E-state index in [1.165, 1.54) is 0 Å². The highest BCUT2D eigenvalue weighted by Crippen LogP contribution is 2.30. The van der Waals surface area contributed by atoms with Crippen molar-refractivity contribution in [3.8, 4) is 17.0 Å². The lowest BCUT2D eigenvalue weighted by Gasteiger charge is -2.28. The van der Waals surface area contributed by atoms with Crippen molar-refractivity contribution >= 4 is 12.2 Å². The Kier molecular flexibility index (Phi) is 5.19. The molecule has 1 aliphatic rings. The summed E-state index contributed by atoms with van der Waals surface area (Å²) in [4.78, 5) is 25.5. The number of aromatic nitrogens is 2. The summed E-state index contributed by atoms with van der Waals surface area (Å²) in [5.41, 5.74) is 3.85. The van der Waals surface area contributed by atoms with Crippen LogP contribution in [-0.2, 0) is 29.1 Å². The Balaban J connectivity index is 1.55. The minimum absolute atomic E-state index is 0.00247. The third-order valence-electron chi connectivity index (χ3n) is 4.89. The summed E-state index contributed by atoms with van der Waals surface area (Å²) in [5, 5.41) is 4.66. The molecule has 4 rings (SSSR count). The smallest absolute Gasteiger partial charge is 0.260 e. The maximum atomic E-state index is 12.7. The fourth-order valence-electron chi connectivity index (χ4n) is 3.51. The lowest BCUT2D eigenvalue weighted by Crippen LogP contribution is -2.39. The molecule has 6 heteroatoms. The number of ether oxygens (including phenoxy) is 1. The van der Waals surface area contributed by atoms with E-state index in [0.29, 0.717) is 25.3 Å². The van der Waals surface area contributed by atoms with Crippen LogP contribution in [0.2, 0.25) is 0 Å². The minimum atomic E-state index is -0.0587. The van der Waals surface area contributed by atoms with Gasteiger partial charge in [0.25, 0.3) is 5.91 Å².